The second-order valence-electron chi connectivity index (χ2n) is 7.55. The Morgan fingerprint density at radius 2 is 2.12 bits per heavy atom. The molecule has 3 aliphatic carbocycles. The Balaban J connectivity index is 1.23. The number of hydrogen-bond acceptors (Lipinski definition) is 5. The van der Waals surface area contributed by atoms with Crippen LogP contribution in [0.4, 0.5) is 0 Å². The maximum Gasteiger partial charge on any atom is 0.263 e. The highest BCUT2D eigenvalue weighted by Crippen LogP contribution is 2.69. The summed E-state index contributed by atoms with van der Waals surface area (Å²) in [5.74, 6) is 0.694. The molecule has 1 amide bonds. The molecule has 3 fully saturated rings. The molecule has 26 heavy (non-hydrogen) atoms. The smallest absolute Gasteiger partial charge is 0.263 e. The van der Waals surface area contributed by atoms with Crippen molar-refractivity contribution in [1.29, 1.82) is 0 Å². The van der Waals surface area contributed by atoms with Gasteiger partial charge in [0.15, 0.2) is 5.78 Å². The molecule has 0 unspecified atom stereocenters. The minimum Gasteiger partial charge on any atom is -0.486 e. The second kappa shape index (κ2) is 6.35. The Morgan fingerprint density at radius 1 is 1.35 bits per heavy atom. The van der Waals surface area contributed by atoms with Crippen molar-refractivity contribution in [1.82, 2.24) is 10.3 Å². The van der Waals surface area contributed by atoms with Gasteiger partial charge in [-0.2, -0.15) is 0 Å². The van der Waals surface area contributed by atoms with Crippen LogP contribution in [0.2, 0.25) is 5.02 Å². The molecule has 136 valence electrons. The monoisotopic (exact) mass is 390 g/mol. The van der Waals surface area contributed by atoms with Crippen LogP contribution in [0.25, 0.3) is 0 Å². The van der Waals surface area contributed by atoms with E-state index in [1.54, 1.807) is 23.8 Å². The third-order valence-electron chi connectivity index (χ3n) is 5.28. The number of amides is 1. The number of carbonyl (C=O) groups is 2. The molecule has 0 spiro atoms. The number of thiazole rings is 1. The van der Waals surface area contributed by atoms with Gasteiger partial charge in [0.2, 0.25) is 0 Å². The molecule has 1 N–H and O–H groups in total. The molecule has 0 saturated heterocycles. The van der Waals surface area contributed by atoms with Crippen LogP contribution < -0.4 is 10.1 Å². The molecule has 3 saturated carbocycles. The van der Waals surface area contributed by atoms with E-state index in [-0.39, 0.29) is 29.3 Å². The van der Waals surface area contributed by atoms with Gasteiger partial charge in [-0.25, -0.2) is 0 Å². The third-order valence-corrected chi connectivity index (χ3v) is 6.47. The highest BCUT2D eigenvalue weighted by molar-refractivity contribution is 7.11. The lowest BCUT2D eigenvalue weighted by molar-refractivity contribution is -0.162. The molecule has 5 nitrogen and oxygen atoms in total. The van der Waals surface area contributed by atoms with E-state index in [4.69, 9.17) is 16.3 Å². The van der Waals surface area contributed by atoms with Crippen LogP contribution in [0, 0.1) is 12.3 Å². The van der Waals surface area contributed by atoms with Crippen LogP contribution in [0.5, 0.6) is 5.75 Å². The van der Waals surface area contributed by atoms with Crippen molar-refractivity contribution < 1.29 is 14.3 Å². The zero-order valence-electron chi connectivity index (χ0n) is 14.4. The molecule has 3 aliphatic rings. The van der Waals surface area contributed by atoms with E-state index in [0.29, 0.717) is 22.1 Å². The number of rotatable bonds is 7. The van der Waals surface area contributed by atoms with Crippen LogP contribution in [0.3, 0.4) is 0 Å². The number of aryl methyl sites for hydroxylation is 1. The molecule has 0 atom stereocenters. The summed E-state index contributed by atoms with van der Waals surface area (Å²) in [6.07, 6.45) is 4.71. The number of ether oxygens (including phenoxy) is 1. The standard InChI is InChI=1S/C19H19ClN2O3S/c1-12-4-14(2-3-15(12)20)25-7-13(23)5-18-8-19(9-18,10-18)22-17(24)16-6-21-11-26-16/h2-4,6,11H,5,7-10H2,1H3,(H,22,24). The largest absolute Gasteiger partial charge is 0.486 e. The van der Waals surface area contributed by atoms with E-state index >= 15 is 0 Å². The molecular weight excluding hydrogens is 372 g/mol. The number of benzene rings is 1. The predicted octanol–water partition coefficient (Wildman–Crippen LogP) is 3.80. The van der Waals surface area contributed by atoms with Crippen molar-refractivity contribution in [3.8, 4) is 5.75 Å². The maximum absolute atomic E-state index is 12.3. The molecule has 0 aliphatic heterocycles. The van der Waals surface area contributed by atoms with Crippen molar-refractivity contribution in [2.45, 2.75) is 38.1 Å². The lowest BCUT2D eigenvalue weighted by atomic mass is 9.38. The summed E-state index contributed by atoms with van der Waals surface area (Å²) in [4.78, 5) is 29.0. The van der Waals surface area contributed by atoms with Crippen molar-refractivity contribution >= 4 is 34.6 Å². The van der Waals surface area contributed by atoms with Gasteiger partial charge in [0, 0.05) is 17.0 Å². The number of carbonyl (C=O) groups excluding carboxylic acids is 2. The molecule has 0 radical (unpaired) electrons. The summed E-state index contributed by atoms with van der Waals surface area (Å²) in [5.41, 5.74) is 2.52. The van der Waals surface area contributed by atoms with Gasteiger partial charge in [-0.15, -0.1) is 11.3 Å². The molecule has 2 bridgehead atoms. The Bertz CT molecular complexity index is 846. The fourth-order valence-electron chi connectivity index (χ4n) is 4.29. The van der Waals surface area contributed by atoms with E-state index < -0.39 is 0 Å². The topological polar surface area (TPSA) is 68.3 Å². The van der Waals surface area contributed by atoms with Gasteiger partial charge in [-0.05, 0) is 55.4 Å². The van der Waals surface area contributed by atoms with Gasteiger partial charge in [0.1, 0.15) is 17.2 Å². The number of halogens is 1. The maximum atomic E-state index is 12.3. The van der Waals surface area contributed by atoms with Gasteiger partial charge in [0.05, 0.1) is 11.7 Å². The fraction of sp³-hybridized carbons (Fsp3) is 0.421. The predicted molar refractivity (Wildman–Crippen MR) is 99.9 cm³/mol. The molecule has 1 heterocycles. The summed E-state index contributed by atoms with van der Waals surface area (Å²) in [6, 6.07) is 5.38. The first kappa shape index (κ1) is 17.5. The lowest BCUT2D eigenvalue weighted by Gasteiger charge is -2.70. The van der Waals surface area contributed by atoms with Gasteiger partial charge in [0.25, 0.3) is 5.91 Å². The van der Waals surface area contributed by atoms with Crippen LogP contribution in [-0.2, 0) is 4.79 Å². The summed E-state index contributed by atoms with van der Waals surface area (Å²) >= 11 is 7.33. The first-order valence-electron chi connectivity index (χ1n) is 8.50. The molecule has 5 rings (SSSR count). The van der Waals surface area contributed by atoms with Gasteiger partial charge in [-0.1, -0.05) is 11.6 Å². The summed E-state index contributed by atoms with van der Waals surface area (Å²) in [7, 11) is 0. The van der Waals surface area contributed by atoms with E-state index in [9.17, 15) is 9.59 Å². The van der Waals surface area contributed by atoms with Crippen LogP contribution in [-0.4, -0.2) is 28.8 Å². The highest BCUT2D eigenvalue weighted by atomic mass is 35.5. The number of nitrogens with one attached hydrogen (secondary N) is 1. The minimum atomic E-state index is -0.116. The van der Waals surface area contributed by atoms with Crippen molar-refractivity contribution in [3.05, 3.63) is 45.4 Å². The number of nitrogens with zero attached hydrogens (tertiary/aromatic N) is 1. The quantitative estimate of drug-likeness (QED) is 0.780. The zero-order chi connectivity index (χ0) is 18.4. The Hall–Kier alpha value is -1.92. The first-order valence-corrected chi connectivity index (χ1v) is 9.76. The summed E-state index contributed by atoms with van der Waals surface area (Å²) in [6.45, 7) is 1.97. The van der Waals surface area contributed by atoms with Crippen molar-refractivity contribution in [2.24, 2.45) is 5.41 Å². The van der Waals surface area contributed by atoms with E-state index in [1.807, 2.05) is 13.0 Å². The minimum absolute atomic E-state index is 0.0529. The van der Waals surface area contributed by atoms with E-state index in [0.717, 1.165) is 24.8 Å². The first-order chi connectivity index (χ1) is 12.4. The summed E-state index contributed by atoms with van der Waals surface area (Å²) in [5, 5.41) is 3.79. The second-order valence-corrected chi connectivity index (χ2v) is 8.84. The Labute approximate surface area is 160 Å². The van der Waals surface area contributed by atoms with E-state index in [1.165, 1.54) is 11.3 Å². The number of ketones is 1. The van der Waals surface area contributed by atoms with Gasteiger partial charge >= 0.3 is 0 Å². The highest BCUT2D eigenvalue weighted by Gasteiger charge is 2.68. The molecule has 2 aromatic rings. The lowest BCUT2D eigenvalue weighted by Crippen LogP contribution is -2.75. The van der Waals surface area contributed by atoms with Crippen LogP contribution in [0.15, 0.2) is 29.9 Å². The van der Waals surface area contributed by atoms with Gasteiger partial charge in [-0.3, -0.25) is 14.6 Å². The summed E-state index contributed by atoms with van der Waals surface area (Å²) < 4.78 is 5.59. The number of aromatic nitrogens is 1. The molecule has 1 aromatic heterocycles. The van der Waals surface area contributed by atoms with Crippen molar-refractivity contribution in [2.75, 3.05) is 6.61 Å². The zero-order valence-corrected chi connectivity index (χ0v) is 16.0. The van der Waals surface area contributed by atoms with Crippen LogP contribution in [0.1, 0.15) is 40.9 Å². The molecule has 7 heteroatoms. The Kier molecular flexibility index (Phi) is 4.28. The average molecular weight is 391 g/mol. The number of hydrogen-bond donors (Lipinski definition) is 1. The van der Waals surface area contributed by atoms with Gasteiger partial charge < -0.3 is 10.1 Å². The van der Waals surface area contributed by atoms with Crippen molar-refractivity contribution in [3.63, 3.8) is 0 Å². The Morgan fingerprint density at radius 3 is 2.77 bits per heavy atom. The normalized spacial score (nSPS) is 25.8. The fourth-order valence-corrected chi connectivity index (χ4v) is 4.92. The van der Waals surface area contributed by atoms with Crippen LogP contribution >= 0.6 is 22.9 Å². The third kappa shape index (κ3) is 3.23. The van der Waals surface area contributed by atoms with E-state index in [2.05, 4.69) is 10.3 Å². The molecule has 1 aromatic carbocycles. The SMILES string of the molecule is Cc1cc(OCC(=O)CC23CC(NC(=O)c4cncs4)(C2)C3)ccc1Cl. The number of Topliss-reactive ketones (excluding diaryl/α,β-unsaturated/α-hetero) is 1. The average Bonchev–Trinajstić information content (AvgIpc) is 3.07. The molecular formula is C19H19ClN2O3S.